The zero-order chi connectivity index (χ0) is 11.1. The van der Waals surface area contributed by atoms with Gasteiger partial charge in [0.2, 0.25) is 5.91 Å². The van der Waals surface area contributed by atoms with Crippen LogP contribution in [0.3, 0.4) is 0 Å². The lowest BCUT2D eigenvalue weighted by Crippen LogP contribution is -2.39. The van der Waals surface area contributed by atoms with Gasteiger partial charge in [-0.3, -0.25) is 4.79 Å². The molecule has 1 fully saturated rings. The average Bonchev–Trinajstić information content (AvgIpc) is 2.27. The second-order valence-electron chi connectivity index (χ2n) is 4.10. The largest absolute Gasteiger partial charge is 0.353 e. The van der Waals surface area contributed by atoms with Crippen molar-refractivity contribution in [3.63, 3.8) is 0 Å². The molecule has 1 rings (SSSR count). The molecule has 1 amide bonds. The first kappa shape index (κ1) is 13.4. The normalized spacial score (nSPS) is 23.5. The molecular formula is C11H20BrNOS. The minimum absolute atomic E-state index is 0.213. The first-order valence-corrected chi connectivity index (χ1v) is 7.89. The molecule has 0 aliphatic carbocycles. The van der Waals surface area contributed by atoms with E-state index >= 15 is 0 Å². The molecule has 0 aromatic carbocycles. The zero-order valence-electron chi connectivity index (χ0n) is 9.30. The summed E-state index contributed by atoms with van der Waals surface area (Å²) in [6, 6.07) is 0.317. The van der Waals surface area contributed by atoms with Crippen LogP contribution in [0.15, 0.2) is 0 Å². The summed E-state index contributed by atoms with van der Waals surface area (Å²) in [6.07, 6.45) is 5.73. The van der Waals surface area contributed by atoms with Crippen LogP contribution in [-0.2, 0) is 4.79 Å². The molecule has 1 N–H and O–H groups in total. The van der Waals surface area contributed by atoms with Crippen LogP contribution < -0.4 is 5.32 Å². The fourth-order valence-corrected chi connectivity index (χ4v) is 3.27. The fourth-order valence-electron chi connectivity index (χ4n) is 1.74. The number of carbonyl (C=O) groups excluding carboxylic acids is 1. The molecule has 4 heteroatoms. The highest BCUT2D eigenvalue weighted by Gasteiger charge is 2.22. The monoisotopic (exact) mass is 293 g/mol. The standard InChI is InChI=1S/C11H20BrNOS/c1-9(5-4-7-12)13-11(14)10-6-2-3-8-15-10/h9-10H,2-8H2,1H3,(H,13,14). The van der Waals surface area contributed by atoms with Crippen LogP contribution in [0.25, 0.3) is 0 Å². The lowest BCUT2D eigenvalue weighted by atomic mass is 10.1. The van der Waals surface area contributed by atoms with Gasteiger partial charge in [-0.05, 0) is 38.4 Å². The van der Waals surface area contributed by atoms with E-state index in [2.05, 4.69) is 28.2 Å². The van der Waals surface area contributed by atoms with E-state index in [-0.39, 0.29) is 11.2 Å². The average molecular weight is 294 g/mol. The number of halogens is 1. The van der Waals surface area contributed by atoms with Gasteiger partial charge in [-0.15, -0.1) is 11.8 Å². The van der Waals surface area contributed by atoms with E-state index in [1.54, 1.807) is 0 Å². The smallest absolute Gasteiger partial charge is 0.233 e. The van der Waals surface area contributed by atoms with Crippen LogP contribution in [0.1, 0.15) is 39.0 Å². The van der Waals surface area contributed by atoms with Gasteiger partial charge >= 0.3 is 0 Å². The van der Waals surface area contributed by atoms with Gasteiger partial charge in [0.25, 0.3) is 0 Å². The molecule has 88 valence electrons. The van der Waals surface area contributed by atoms with E-state index < -0.39 is 0 Å². The predicted octanol–water partition coefficient (Wildman–Crippen LogP) is 2.95. The predicted molar refractivity (Wildman–Crippen MR) is 70.7 cm³/mol. The molecule has 0 radical (unpaired) electrons. The molecule has 1 aliphatic rings. The Morgan fingerprint density at radius 1 is 1.60 bits per heavy atom. The summed E-state index contributed by atoms with van der Waals surface area (Å²) in [7, 11) is 0. The fraction of sp³-hybridized carbons (Fsp3) is 0.909. The van der Waals surface area contributed by atoms with E-state index in [1.165, 1.54) is 12.8 Å². The molecule has 0 spiro atoms. The molecule has 2 atom stereocenters. The summed E-state index contributed by atoms with van der Waals surface area (Å²) >= 11 is 5.22. The Hall–Kier alpha value is 0.300. The van der Waals surface area contributed by atoms with Gasteiger partial charge in [0.1, 0.15) is 0 Å². The van der Waals surface area contributed by atoms with Crippen molar-refractivity contribution in [1.82, 2.24) is 5.32 Å². The summed E-state index contributed by atoms with van der Waals surface area (Å²) in [5.41, 5.74) is 0. The van der Waals surface area contributed by atoms with Crippen molar-refractivity contribution in [1.29, 1.82) is 0 Å². The Labute approximate surface area is 105 Å². The topological polar surface area (TPSA) is 29.1 Å². The first-order valence-electron chi connectivity index (χ1n) is 5.72. The van der Waals surface area contributed by atoms with Crippen LogP contribution in [0.4, 0.5) is 0 Å². The summed E-state index contributed by atoms with van der Waals surface area (Å²) in [5.74, 6) is 1.40. The Morgan fingerprint density at radius 3 is 3.00 bits per heavy atom. The van der Waals surface area contributed by atoms with Gasteiger partial charge in [-0.25, -0.2) is 0 Å². The Morgan fingerprint density at radius 2 is 2.40 bits per heavy atom. The highest BCUT2D eigenvalue weighted by molar-refractivity contribution is 9.09. The molecule has 0 aromatic rings. The van der Waals surface area contributed by atoms with Crippen molar-refractivity contribution >= 4 is 33.6 Å². The van der Waals surface area contributed by atoms with Crippen molar-refractivity contribution in [2.45, 2.75) is 50.3 Å². The third kappa shape index (κ3) is 5.25. The van der Waals surface area contributed by atoms with Crippen LogP contribution in [0.2, 0.25) is 0 Å². The van der Waals surface area contributed by atoms with Gasteiger partial charge in [0.05, 0.1) is 5.25 Å². The van der Waals surface area contributed by atoms with Crippen molar-refractivity contribution < 1.29 is 4.79 Å². The minimum atomic E-state index is 0.213. The van der Waals surface area contributed by atoms with Crippen LogP contribution in [-0.4, -0.2) is 28.3 Å². The highest BCUT2D eigenvalue weighted by atomic mass is 79.9. The molecule has 15 heavy (non-hydrogen) atoms. The van der Waals surface area contributed by atoms with Crippen molar-refractivity contribution in [3.05, 3.63) is 0 Å². The molecule has 1 saturated heterocycles. The number of hydrogen-bond acceptors (Lipinski definition) is 2. The Bertz CT molecular complexity index is 195. The van der Waals surface area contributed by atoms with E-state index in [0.29, 0.717) is 6.04 Å². The number of alkyl halides is 1. The number of hydrogen-bond donors (Lipinski definition) is 1. The molecular weight excluding hydrogens is 274 g/mol. The van der Waals surface area contributed by atoms with Gasteiger partial charge in [-0.1, -0.05) is 22.4 Å². The molecule has 2 nitrogen and oxygen atoms in total. The molecule has 2 unspecified atom stereocenters. The second-order valence-corrected chi connectivity index (χ2v) is 6.20. The van der Waals surface area contributed by atoms with E-state index in [9.17, 15) is 4.79 Å². The van der Waals surface area contributed by atoms with Gasteiger partial charge in [0.15, 0.2) is 0 Å². The van der Waals surface area contributed by atoms with Gasteiger partial charge < -0.3 is 5.32 Å². The van der Waals surface area contributed by atoms with Gasteiger partial charge in [0, 0.05) is 11.4 Å². The number of thioether (sulfide) groups is 1. The third-order valence-electron chi connectivity index (χ3n) is 2.63. The first-order chi connectivity index (χ1) is 7.24. The molecule has 0 aromatic heterocycles. The number of rotatable bonds is 5. The van der Waals surface area contributed by atoms with Crippen molar-refractivity contribution in [3.8, 4) is 0 Å². The zero-order valence-corrected chi connectivity index (χ0v) is 11.7. The minimum Gasteiger partial charge on any atom is -0.353 e. The molecule has 0 bridgehead atoms. The maximum atomic E-state index is 11.8. The van der Waals surface area contributed by atoms with Crippen molar-refractivity contribution in [2.75, 3.05) is 11.1 Å². The maximum absolute atomic E-state index is 11.8. The SMILES string of the molecule is CC(CCCBr)NC(=O)C1CCCCS1. The van der Waals surface area contributed by atoms with E-state index in [1.807, 2.05) is 11.8 Å². The third-order valence-corrected chi connectivity index (χ3v) is 4.57. The Balaban J connectivity index is 2.21. The molecule has 1 aliphatic heterocycles. The summed E-state index contributed by atoms with van der Waals surface area (Å²) in [6.45, 7) is 2.09. The summed E-state index contributed by atoms with van der Waals surface area (Å²) in [5, 5.41) is 4.34. The quantitative estimate of drug-likeness (QED) is 0.790. The Kier molecular flexibility index (Phi) is 6.73. The lowest BCUT2D eigenvalue weighted by Gasteiger charge is -2.22. The number of nitrogens with one attached hydrogen (secondary N) is 1. The molecule has 1 heterocycles. The summed E-state index contributed by atoms with van der Waals surface area (Å²) < 4.78 is 0. The van der Waals surface area contributed by atoms with Crippen LogP contribution >= 0.6 is 27.7 Å². The van der Waals surface area contributed by atoms with E-state index in [0.717, 1.165) is 30.3 Å². The van der Waals surface area contributed by atoms with Crippen LogP contribution in [0.5, 0.6) is 0 Å². The number of carbonyl (C=O) groups is 1. The highest BCUT2D eigenvalue weighted by Crippen LogP contribution is 2.25. The maximum Gasteiger partial charge on any atom is 0.233 e. The van der Waals surface area contributed by atoms with Gasteiger partial charge in [-0.2, -0.15) is 0 Å². The van der Waals surface area contributed by atoms with E-state index in [4.69, 9.17) is 0 Å². The number of amides is 1. The summed E-state index contributed by atoms with van der Waals surface area (Å²) in [4.78, 5) is 11.8. The molecule has 0 saturated carbocycles. The second kappa shape index (κ2) is 7.55. The van der Waals surface area contributed by atoms with Crippen LogP contribution in [0, 0.1) is 0 Å². The van der Waals surface area contributed by atoms with Crippen molar-refractivity contribution in [2.24, 2.45) is 0 Å². The lowest BCUT2D eigenvalue weighted by molar-refractivity contribution is -0.121.